The Kier molecular flexibility index (Phi) is 6.51. The molecule has 152 valence electrons. The van der Waals surface area contributed by atoms with E-state index in [1.54, 1.807) is 14.0 Å². The van der Waals surface area contributed by atoms with Crippen LogP contribution < -0.4 is 10.2 Å². The maximum absolute atomic E-state index is 12.9. The second-order valence-corrected chi connectivity index (χ2v) is 9.44. The summed E-state index contributed by atoms with van der Waals surface area (Å²) in [6, 6.07) is 9.70. The molecule has 1 aromatic heterocycles. The normalized spacial score (nSPS) is 14.8. The summed E-state index contributed by atoms with van der Waals surface area (Å²) in [6.07, 6.45) is 2.77. The Morgan fingerprint density at radius 2 is 1.96 bits per heavy atom. The number of carbonyl (C=O) groups excluding carboxylic acids is 1. The van der Waals surface area contributed by atoms with Crippen LogP contribution in [0.4, 0.5) is 5.82 Å². The van der Waals surface area contributed by atoms with Crippen LogP contribution in [0.15, 0.2) is 30.3 Å². The summed E-state index contributed by atoms with van der Waals surface area (Å²) in [7, 11) is -1.62. The third kappa shape index (κ3) is 4.62. The average Bonchev–Trinajstić information content (AvgIpc) is 3.24. The lowest BCUT2D eigenvalue weighted by molar-refractivity contribution is 0.0953. The van der Waals surface area contributed by atoms with E-state index >= 15 is 0 Å². The Hall–Kier alpha value is -2.19. The monoisotopic (exact) mass is 404 g/mol. The van der Waals surface area contributed by atoms with Crippen molar-refractivity contribution >= 4 is 32.7 Å². The number of nitrogens with one attached hydrogen (secondary N) is 1. The number of anilines is 1. The molecule has 7 nitrogen and oxygen atoms in total. The van der Waals surface area contributed by atoms with E-state index in [2.05, 4.69) is 10.2 Å². The van der Waals surface area contributed by atoms with Gasteiger partial charge in [0, 0.05) is 38.6 Å². The van der Waals surface area contributed by atoms with E-state index in [0.717, 1.165) is 42.7 Å². The second kappa shape index (κ2) is 8.87. The van der Waals surface area contributed by atoms with Crippen molar-refractivity contribution in [2.24, 2.45) is 0 Å². The molecule has 0 spiro atoms. The van der Waals surface area contributed by atoms with Gasteiger partial charge in [-0.2, -0.15) is 0 Å². The highest BCUT2D eigenvalue weighted by Gasteiger charge is 2.22. The first-order valence-electron chi connectivity index (χ1n) is 9.79. The number of carbonyl (C=O) groups is 1. The molecule has 1 saturated heterocycles. The largest absolute Gasteiger partial charge is 0.356 e. The van der Waals surface area contributed by atoms with Crippen LogP contribution in [0.2, 0.25) is 0 Å². The fraction of sp³-hybridized carbons (Fsp3) is 0.500. The zero-order valence-electron chi connectivity index (χ0n) is 16.5. The Morgan fingerprint density at radius 3 is 2.68 bits per heavy atom. The maximum Gasteiger partial charge on any atom is 0.255 e. The molecule has 2 heterocycles. The number of fused-ring (bicyclic) bond motifs is 1. The molecule has 1 N–H and O–H groups in total. The molecule has 1 aromatic carbocycles. The smallest absolute Gasteiger partial charge is 0.255 e. The summed E-state index contributed by atoms with van der Waals surface area (Å²) in [5.74, 6) is 0.651. The molecule has 0 aliphatic carbocycles. The first kappa shape index (κ1) is 20.5. The standard InChI is InChI=1S/C20H28N4O3S/c1-3-28(26,27)23(2)12-8-11-21-20(25)17-15-16-9-4-5-10-18(16)22-19(17)24-13-6-7-14-24/h4-5,9-10,15H,3,6-8,11-14H2,1-2H3,(H,21,25). The molecule has 1 amide bonds. The van der Waals surface area contributed by atoms with E-state index in [-0.39, 0.29) is 11.7 Å². The number of hydrogen-bond acceptors (Lipinski definition) is 5. The SMILES string of the molecule is CCS(=O)(=O)N(C)CCCNC(=O)c1cc2ccccc2nc1N1CCCC1. The number of para-hydroxylation sites is 1. The highest BCUT2D eigenvalue weighted by atomic mass is 32.2. The van der Waals surface area contributed by atoms with Gasteiger partial charge in [-0.15, -0.1) is 0 Å². The lowest BCUT2D eigenvalue weighted by Gasteiger charge is -2.21. The van der Waals surface area contributed by atoms with Crippen molar-refractivity contribution in [1.29, 1.82) is 0 Å². The zero-order valence-corrected chi connectivity index (χ0v) is 17.3. The van der Waals surface area contributed by atoms with E-state index in [4.69, 9.17) is 4.98 Å². The lowest BCUT2D eigenvalue weighted by Crippen LogP contribution is -2.33. The summed E-state index contributed by atoms with van der Waals surface area (Å²) in [4.78, 5) is 19.8. The molecule has 1 aliphatic heterocycles. The van der Waals surface area contributed by atoms with Crippen LogP contribution in [-0.2, 0) is 10.0 Å². The van der Waals surface area contributed by atoms with E-state index in [9.17, 15) is 13.2 Å². The molecule has 0 radical (unpaired) electrons. The number of nitrogens with zero attached hydrogens (tertiary/aromatic N) is 3. The van der Waals surface area contributed by atoms with Gasteiger partial charge in [0.2, 0.25) is 10.0 Å². The highest BCUT2D eigenvalue weighted by Crippen LogP contribution is 2.26. The molecule has 1 fully saturated rings. The Balaban J connectivity index is 1.71. The van der Waals surface area contributed by atoms with Crippen molar-refractivity contribution in [3.8, 4) is 0 Å². The molecule has 28 heavy (non-hydrogen) atoms. The van der Waals surface area contributed by atoms with Gasteiger partial charge in [0.15, 0.2) is 0 Å². The summed E-state index contributed by atoms with van der Waals surface area (Å²) in [5, 5.41) is 3.86. The van der Waals surface area contributed by atoms with Crippen LogP contribution in [0, 0.1) is 0 Å². The predicted octanol–water partition coefficient (Wildman–Crippen LogP) is 2.24. The van der Waals surface area contributed by atoms with Gasteiger partial charge in [-0.05, 0) is 38.3 Å². The Bertz CT molecular complexity index is 940. The molecule has 0 bridgehead atoms. The molecule has 2 aromatic rings. The number of aromatic nitrogens is 1. The van der Waals surface area contributed by atoms with Crippen molar-refractivity contribution in [1.82, 2.24) is 14.6 Å². The van der Waals surface area contributed by atoms with Gasteiger partial charge in [0.1, 0.15) is 5.82 Å². The van der Waals surface area contributed by atoms with Crippen molar-refractivity contribution in [3.05, 3.63) is 35.9 Å². The summed E-state index contributed by atoms with van der Waals surface area (Å²) in [6.45, 7) is 4.23. The number of rotatable bonds is 8. The third-order valence-electron chi connectivity index (χ3n) is 5.13. The third-order valence-corrected chi connectivity index (χ3v) is 6.99. The van der Waals surface area contributed by atoms with Crippen molar-refractivity contribution in [2.75, 3.05) is 43.9 Å². The predicted molar refractivity (Wildman–Crippen MR) is 112 cm³/mol. The van der Waals surface area contributed by atoms with Crippen molar-refractivity contribution in [3.63, 3.8) is 0 Å². The summed E-state index contributed by atoms with van der Waals surface area (Å²) < 4.78 is 24.9. The van der Waals surface area contributed by atoms with Crippen LogP contribution >= 0.6 is 0 Å². The van der Waals surface area contributed by atoms with E-state index < -0.39 is 10.0 Å². The van der Waals surface area contributed by atoms with Crippen LogP contribution in [-0.4, -0.2) is 62.6 Å². The van der Waals surface area contributed by atoms with Gasteiger partial charge in [0.05, 0.1) is 16.8 Å². The molecule has 8 heteroatoms. The minimum absolute atomic E-state index is 0.0812. The van der Waals surface area contributed by atoms with Gasteiger partial charge < -0.3 is 10.2 Å². The van der Waals surface area contributed by atoms with Gasteiger partial charge in [-0.1, -0.05) is 18.2 Å². The number of pyridine rings is 1. The molecule has 0 atom stereocenters. The van der Waals surface area contributed by atoms with Gasteiger partial charge in [-0.25, -0.2) is 17.7 Å². The molecule has 0 saturated carbocycles. The second-order valence-electron chi connectivity index (χ2n) is 7.08. The van der Waals surface area contributed by atoms with Gasteiger partial charge >= 0.3 is 0 Å². The van der Waals surface area contributed by atoms with Gasteiger partial charge in [0.25, 0.3) is 5.91 Å². The van der Waals surface area contributed by atoms with E-state index in [1.165, 1.54) is 4.31 Å². The lowest BCUT2D eigenvalue weighted by atomic mass is 10.1. The number of hydrogen-bond donors (Lipinski definition) is 1. The van der Waals surface area contributed by atoms with E-state index in [1.807, 2.05) is 30.3 Å². The molecule has 3 rings (SSSR count). The van der Waals surface area contributed by atoms with Crippen LogP contribution in [0.25, 0.3) is 10.9 Å². The maximum atomic E-state index is 12.9. The van der Waals surface area contributed by atoms with Gasteiger partial charge in [-0.3, -0.25) is 4.79 Å². The fourth-order valence-electron chi connectivity index (χ4n) is 3.40. The fourth-order valence-corrected chi connectivity index (χ4v) is 4.25. The van der Waals surface area contributed by atoms with Crippen LogP contribution in [0.1, 0.15) is 36.5 Å². The summed E-state index contributed by atoms with van der Waals surface area (Å²) >= 11 is 0. The zero-order chi connectivity index (χ0) is 20.1. The topological polar surface area (TPSA) is 82.6 Å². The van der Waals surface area contributed by atoms with Crippen molar-refractivity contribution < 1.29 is 13.2 Å². The number of sulfonamides is 1. The first-order chi connectivity index (χ1) is 13.4. The minimum Gasteiger partial charge on any atom is -0.356 e. The molecular formula is C20H28N4O3S. The molecule has 0 unspecified atom stereocenters. The number of amides is 1. The van der Waals surface area contributed by atoms with E-state index in [0.29, 0.717) is 25.1 Å². The first-order valence-corrected chi connectivity index (χ1v) is 11.4. The van der Waals surface area contributed by atoms with Crippen LogP contribution in [0.5, 0.6) is 0 Å². The quantitative estimate of drug-likeness (QED) is 0.683. The molecular weight excluding hydrogens is 376 g/mol. The van der Waals surface area contributed by atoms with Crippen molar-refractivity contribution in [2.45, 2.75) is 26.2 Å². The van der Waals surface area contributed by atoms with Crippen LogP contribution in [0.3, 0.4) is 0 Å². The highest BCUT2D eigenvalue weighted by molar-refractivity contribution is 7.89. The Labute approximate surface area is 166 Å². The Morgan fingerprint density at radius 1 is 1.25 bits per heavy atom. The number of benzene rings is 1. The summed E-state index contributed by atoms with van der Waals surface area (Å²) in [5.41, 5.74) is 1.46. The minimum atomic E-state index is -3.19. The molecule has 1 aliphatic rings. The average molecular weight is 405 g/mol.